The van der Waals surface area contributed by atoms with E-state index in [1.165, 1.54) is 25.7 Å². The topological polar surface area (TPSA) is 43.7 Å². The van der Waals surface area contributed by atoms with Crippen LogP contribution in [0.4, 0.5) is 10.5 Å². The fourth-order valence-electron chi connectivity index (χ4n) is 3.88. The van der Waals surface area contributed by atoms with Gasteiger partial charge in [-0.25, -0.2) is 4.79 Å². The summed E-state index contributed by atoms with van der Waals surface area (Å²) in [5.74, 6) is 7.11. The van der Waals surface area contributed by atoms with Crippen molar-refractivity contribution < 1.29 is 14.3 Å². The fraction of sp³-hybridized carbons (Fsp3) is 0.480. The van der Waals surface area contributed by atoms with Crippen LogP contribution in [0.1, 0.15) is 42.4 Å². The minimum absolute atomic E-state index is 0.0939. The van der Waals surface area contributed by atoms with E-state index in [9.17, 15) is 4.79 Å². The molecular weight excluding hydrogens is 376 g/mol. The van der Waals surface area contributed by atoms with E-state index in [1.54, 1.807) is 9.47 Å². The van der Waals surface area contributed by atoms with Gasteiger partial charge in [0.2, 0.25) is 0 Å². The van der Waals surface area contributed by atoms with Crippen molar-refractivity contribution in [3.63, 3.8) is 0 Å². The molecule has 2 heterocycles. The predicted octanol–water partition coefficient (Wildman–Crippen LogP) is 4.36. The van der Waals surface area contributed by atoms with Gasteiger partial charge < -0.3 is 9.47 Å². The van der Waals surface area contributed by atoms with Crippen molar-refractivity contribution in [2.75, 3.05) is 25.2 Å². The number of carbonyl (C=O) groups is 1. The Morgan fingerprint density at radius 1 is 1.23 bits per heavy atom. The number of ether oxygens (including phenoxy) is 2. The molecule has 0 unspecified atom stereocenters. The van der Waals surface area contributed by atoms with Gasteiger partial charge in [0.25, 0.3) is 0 Å². The third kappa shape index (κ3) is 4.16. The quantitative estimate of drug-likeness (QED) is 0.714. The maximum atomic E-state index is 13.0. The first kappa shape index (κ1) is 19.4. The standard InChI is InChI=1S/C25H28N2O3/c1-18-13-20(6-5-19-3-4-19)7-8-22(18)26(2)24(28)27-12-9-21(15-27)14-23-29-16-25(10-11-25)17-30-23/h7-9,12-13,15,19,23H,3-4,10-11,14,16-17H2,1-2H3. The molecule has 1 aliphatic heterocycles. The van der Waals surface area contributed by atoms with Crippen molar-refractivity contribution in [1.82, 2.24) is 4.57 Å². The van der Waals surface area contributed by atoms with Crippen LogP contribution in [0.15, 0.2) is 36.7 Å². The highest BCUT2D eigenvalue weighted by atomic mass is 16.7. The Morgan fingerprint density at radius 2 is 2.00 bits per heavy atom. The molecule has 30 heavy (non-hydrogen) atoms. The van der Waals surface area contributed by atoms with Crippen LogP contribution in [0.25, 0.3) is 0 Å². The Labute approximate surface area is 178 Å². The van der Waals surface area contributed by atoms with Crippen LogP contribution in [0.5, 0.6) is 0 Å². The predicted molar refractivity (Wildman–Crippen MR) is 115 cm³/mol. The summed E-state index contributed by atoms with van der Waals surface area (Å²) in [6.07, 6.45) is 9.00. The molecule has 0 bridgehead atoms. The van der Waals surface area contributed by atoms with Crippen molar-refractivity contribution in [2.24, 2.45) is 11.3 Å². The van der Waals surface area contributed by atoms with Gasteiger partial charge >= 0.3 is 6.03 Å². The van der Waals surface area contributed by atoms with Gasteiger partial charge in [-0.1, -0.05) is 11.8 Å². The number of benzene rings is 1. The minimum atomic E-state index is -0.216. The Morgan fingerprint density at radius 3 is 2.67 bits per heavy atom. The smallest absolute Gasteiger partial charge is 0.332 e. The molecule has 1 aromatic carbocycles. The van der Waals surface area contributed by atoms with Gasteiger partial charge in [-0.05, 0) is 68.0 Å². The highest BCUT2D eigenvalue weighted by Crippen LogP contribution is 2.48. The summed E-state index contributed by atoms with van der Waals surface area (Å²) in [7, 11) is 1.81. The van der Waals surface area contributed by atoms with Crippen molar-refractivity contribution >= 4 is 11.7 Å². The molecule has 156 valence electrons. The van der Waals surface area contributed by atoms with E-state index in [4.69, 9.17) is 9.47 Å². The van der Waals surface area contributed by atoms with E-state index in [0.29, 0.717) is 17.8 Å². The minimum Gasteiger partial charge on any atom is -0.352 e. The van der Waals surface area contributed by atoms with E-state index < -0.39 is 0 Å². The lowest BCUT2D eigenvalue weighted by molar-refractivity contribution is -0.206. The number of aryl methyl sites for hydroxylation is 1. The van der Waals surface area contributed by atoms with Crippen molar-refractivity contribution in [1.29, 1.82) is 0 Å². The summed E-state index contributed by atoms with van der Waals surface area (Å²) in [5.41, 5.74) is 4.28. The Kier molecular flexibility index (Phi) is 4.92. The van der Waals surface area contributed by atoms with Gasteiger partial charge in [-0.15, -0.1) is 0 Å². The molecule has 5 rings (SSSR count). The van der Waals surface area contributed by atoms with Crippen LogP contribution in [0.3, 0.4) is 0 Å². The second-order valence-electron chi connectivity index (χ2n) is 9.07. The zero-order valence-electron chi connectivity index (χ0n) is 17.7. The molecule has 1 aromatic heterocycles. The maximum Gasteiger partial charge on any atom is 0.332 e. The Hall–Kier alpha value is -2.55. The molecule has 3 aliphatic rings. The number of nitrogens with zero attached hydrogens (tertiary/aromatic N) is 2. The molecular formula is C25H28N2O3. The molecule has 2 aliphatic carbocycles. The molecule has 2 saturated carbocycles. The SMILES string of the molecule is Cc1cc(C#CC2CC2)ccc1N(C)C(=O)n1ccc(CC2OCC3(CC3)CO2)c1. The first-order valence-corrected chi connectivity index (χ1v) is 10.8. The molecule has 0 radical (unpaired) electrons. The summed E-state index contributed by atoms with van der Waals surface area (Å²) in [4.78, 5) is 14.7. The third-order valence-electron chi connectivity index (χ3n) is 6.33. The van der Waals surface area contributed by atoms with E-state index in [1.807, 2.05) is 44.6 Å². The van der Waals surface area contributed by atoms with Crippen LogP contribution in [-0.2, 0) is 15.9 Å². The van der Waals surface area contributed by atoms with Crippen molar-refractivity contribution in [2.45, 2.75) is 45.3 Å². The average Bonchev–Trinajstić information content (AvgIpc) is 3.67. The van der Waals surface area contributed by atoms with Gasteiger partial charge in [0.1, 0.15) is 0 Å². The number of aromatic nitrogens is 1. The lowest BCUT2D eigenvalue weighted by Crippen LogP contribution is -2.34. The summed E-state index contributed by atoms with van der Waals surface area (Å²) in [6, 6.07) is 7.89. The number of amides is 1. The van der Waals surface area contributed by atoms with E-state index in [-0.39, 0.29) is 12.3 Å². The number of hydrogen-bond donors (Lipinski definition) is 0. The summed E-state index contributed by atoms with van der Waals surface area (Å²) < 4.78 is 13.4. The zero-order valence-corrected chi connectivity index (χ0v) is 17.7. The first-order chi connectivity index (χ1) is 14.5. The van der Waals surface area contributed by atoms with Crippen LogP contribution in [0.2, 0.25) is 0 Å². The van der Waals surface area contributed by atoms with Gasteiger partial charge in [0.15, 0.2) is 6.29 Å². The Bertz CT molecular complexity index is 1010. The summed E-state index contributed by atoms with van der Waals surface area (Å²) in [6.45, 7) is 3.60. The molecule has 1 saturated heterocycles. The van der Waals surface area contributed by atoms with Crippen molar-refractivity contribution in [3.05, 3.63) is 53.3 Å². The van der Waals surface area contributed by atoms with Gasteiger partial charge in [-0.2, -0.15) is 0 Å². The highest BCUT2D eigenvalue weighted by Gasteiger charge is 2.46. The molecule has 5 nitrogen and oxygen atoms in total. The second kappa shape index (κ2) is 7.61. The number of carbonyl (C=O) groups excluding carboxylic acids is 1. The van der Waals surface area contributed by atoms with Crippen LogP contribution in [0, 0.1) is 30.1 Å². The summed E-state index contributed by atoms with van der Waals surface area (Å²) >= 11 is 0. The normalized spacial score (nSPS) is 19.9. The van der Waals surface area contributed by atoms with Crippen LogP contribution in [-0.4, -0.2) is 37.1 Å². The molecule has 1 amide bonds. The fourth-order valence-corrected chi connectivity index (χ4v) is 3.88. The zero-order chi connectivity index (χ0) is 20.7. The number of hydrogen-bond acceptors (Lipinski definition) is 3. The van der Waals surface area contributed by atoms with Crippen LogP contribution >= 0.6 is 0 Å². The highest BCUT2D eigenvalue weighted by molar-refractivity contribution is 5.94. The number of rotatable bonds is 3. The molecule has 0 N–H and O–H groups in total. The van der Waals surface area contributed by atoms with E-state index >= 15 is 0 Å². The van der Waals surface area contributed by atoms with Gasteiger partial charge in [-0.3, -0.25) is 9.47 Å². The monoisotopic (exact) mass is 404 g/mol. The van der Waals surface area contributed by atoms with E-state index in [2.05, 4.69) is 17.9 Å². The molecule has 0 atom stereocenters. The maximum absolute atomic E-state index is 13.0. The van der Waals surface area contributed by atoms with Gasteiger partial charge in [0.05, 0.1) is 13.2 Å². The lowest BCUT2D eigenvalue weighted by atomic mass is 10.1. The Balaban J connectivity index is 1.23. The third-order valence-corrected chi connectivity index (χ3v) is 6.33. The largest absolute Gasteiger partial charge is 0.352 e. The van der Waals surface area contributed by atoms with Crippen molar-refractivity contribution in [3.8, 4) is 11.8 Å². The van der Waals surface area contributed by atoms with Gasteiger partial charge in [0, 0.05) is 48.4 Å². The molecule has 5 heteroatoms. The lowest BCUT2D eigenvalue weighted by Gasteiger charge is -2.29. The molecule has 2 aromatic rings. The number of anilines is 1. The van der Waals surface area contributed by atoms with Crippen LogP contribution < -0.4 is 4.90 Å². The first-order valence-electron chi connectivity index (χ1n) is 10.8. The molecule has 3 fully saturated rings. The average molecular weight is 405 g/mol. The molecule has 1 spiro atoms. The van der Waals surface area contributed by atoms with E-state index in [0.717, 1.165) is 35.6 Å². The second-order valence-corrected chi connectivity index (χ2v) is 9.07. The summed E-state index contributed by atoms with van der Waals surface area (Å²) in [5, 5.41) is 0.